The van der Waals surface area contributed by atoms with E-state index in [-0.39, 0.29) is 12.5 Å². The van der Waals surface area contributed by atoms with Crippen LogP contribution in [0.25, 0.3) is 0 Å². The van der Waals surface area contributed by atoms with Gasteiger partial charge in [0.1, 0.15) is 5.69 Å². The van der Waals surface area contributed by atoms with E-state index < -0.39 is 11.4 Å². The number of nitrogens with zero attached hydrogens (tertiary/aromatic N) is 1. The lowest BCUT2D eigenvalue weighted by atomic mass is 9.90. The average Bonchev–Trinajstić information content (AvgIpc) is 2.85. The molecule has 0 spiro atoms. The topological polar surface area (TPSA) is 73.4 Å². The van der Waals surface area contributed by atoms with E-state index in [1.165, 1.54) is 0 Å². The van der Waals surface area contributed by atoms with Crippen LogP contribution in [0.2, 0.25) is 0 Å². The van der Waals surface area contributed by atoms with Crippen molar-refractivity contribution in [3.05, 3.63) is 22.4 Å². The molecule has 1 aromatic heterocycles. The number of amides is 1. The second-order valence-corrected chi connectivity index (χ2v) is 5.49. The van der Waals surface area contributed by atoms with Gasteiger partial charge in [0, 0.05) is 23.8 Å². The first-order valence-corrected chi connectivity index (χ1v) is 6.08. The first-order valence-electron chi connectivity index (χ1n) is 5.29. The third-order valence-electron chi connectivity index (χ3n) is 3.16. The van der Waals surface area contributed by atoms with Crippen LogP contribution in [-0.2, 0) is 4.79 Å². The quantitative estimate of drug-likeness (QED) is 0.873. The third-order valence-corrected chi connectivity index (χ3v) is 3.61. The first-order chi connectivity index (χ1) is 7.92. The van der Waals surface area contributed by atoms with Crippen LogP contribution in [0.1, 0.15) is 23.8 Å². The smallest absolute Gasteiger partial charge is 0.311 e. The molecule has 1 aromatic rings. The number of hydrogen-bond donors (Lipinski definition) is 2. The summed E-state index contributed by atoms with van der Waals surface area (Å²) in [4.78, 5) is 27.6. The van der Waals surface area contributed by atoms with Crippen molar-refractivity contribution in [2.45, 2.75) is 13.3 Å². The highest BCUT2D eigenvalue weighted by molar-refractivity contribution is 9.10. The fourth-order valence-corrected chi connectivity index (χ4v) is 2.31. The van der Waals surface area contributed by atoms with Crippen molar-refractivity contribution in [2.75, 3.05) is 13.1 Å². The zero-order valence-electron chi connectivity index (χ0n) is 9.36. The lowest BCUT2D eigenvalue weighted by Crippen LogP contribution is -2.35. The van der Waals surface area contributed by atoms with Gasteiger partial charge in [0.2, 0.25) is 0 Å². The number of rotatable bonds is 2. The number of hydrogen-bond acceptors (Lipinski definition) is 2. The second kappa shape index (κ2) is 4.18. The van der Waals surface area contributed by atoms with Crippen molar-refractivity contribution in [1.29, 1.82) is 0 Å². The molecule has 2 N–H and O–H groups in total. The number of nitrogens with one attached hydrogen (secondary N) is 1. The Kier molecular flexibility index (Phi) is 2.99. The Hall–Kier alpha value is -1.30. The van der Waals surface area contributed by atoms with Crippen LogP contribution >= 0.6 is 15.9 Å². The monoisotopic (exact) mass is 300 g/mol. The highest BCUT2D eigenvalue weighted by atomic mass is 79.9. The summed E-state index contributed by atoms with van der Waals surface area (Å²) in [6.07, 6.45) is 2.18. The van der Waals surface area contributed by atoms with Crippen molar-refractivity contribution in [2.24, 2.45) is 5.41 Å². The molecule has 0 bridgehead atoms. The van der Waals surface area contributed by atoms with E-state index in [0.717, 1.165) is 4.47 Å². The van der Waals surface area contributed by atoms with Crippen molar-refractivity contribution < 1.29 is 14.7 Å². The summed E-state index contributed by atoms with van der Waals surface area (Å²) in [6.45, 7) is 2.42. The predicted octanol–water partition coefficient (Wildman–Crippen LogP) is 1.71. The number of carbonyl (C=O) groups excluding carboxylic acids is 1. The van der Waals surface area contributed by atoms with E-state index in [4.69, 9.17) is 5.11 Å². The second-order valence-electron chi connectivity index (χ2n) is 4.57. The molecule has 0 aromatic carbocycles. The van der Waals surface area contributed by atoms with Crippen LogP contribution in [0, 0.1) is 5.41 Å². The van der Waals surface area contributed by atoms with Gasteiger partial charge in [-0.15, -0.1) is 0 Å². The van der Waals surface area contributed by atoms with E-state index in [2.05, 4.69) is 20.9 Å². The number of aliphatic carboxylic acids is 1. The van der Waals surface area contributed by atoms with Gasteiger partial charge in [0.15, 0.2) is 0 Å². The van der Waals surface area contributed by atoms with Crippen molar-refractivity contribution >= 4 is 27.8 Å². The summed E-state index contributed by atoms with van der Waals surface area (Å²) in [7, 11) is 0. The number of aromatic nitrogens is 1. The lowest BCUT2D eigenvalue weighted by Gasteiger charge is -2.19. The molecule has 1 aliphatic heterocycles. The standard InChI is InChI=1S/C11H13BrN2O3/c1-11(10(16)17)2-3-14(6-11)9(15)8-4-7(12)5-13-8/h4-5,13H,2-3,6H2,1H3,(H,16,17)/t11-/m1/s1. The molecule has 92 valence electrons. The number of H-pyrrole nitrogens is 1. The predicted molar refractivity (Wildman–Crippen MR) is 64.8 cm³/mol. The van der Waals surface area contributed by atoms with Gasteiger partial charge in [-0.1, -0.05) is 0 Å². The summed E-state index contributed by atoms with van der Waals surface area (Å²) >= 11 is 3.26. The molecule has 1 amide bonds. The first kappa shape index (κ1) is 12.2. The van der Waals surface area contributed by atoms with Crippen molar-refractivity contribution in [3.8, 4) is 0 Å². The zero-order valence-corrected chi connectivity index (χ0v) is 11.0. The van der Waals surface area contributed by atoms with Crippen molar-refractivity contribution in [1.82, 2.24) is 9.88 Å². The molecule has 0 aliphatic carbocycles. The Labute approximate surface area is 107 Å². The molecule has 0 radical (unpaired) electrons. The average molecular weight is 301 g/mol. The van der Waals surface area contributed by atoms with Crippen molar-refractivity contribution in [3.63, 3.8) is 0 Å². The van der Waals surface area contributed by atoms with Gasteiger partial charge in [-0.05, 0) is 35.3 Å². The number of carboxylic acid groups (broad SMARTS) is 1. The SMILES string of the molecule is C[C@@]1(C(=O)O)CCN(C(=O)c2cc(Br)c[nH]2)C1. The minimum atomic E-state index is -0.847. The molecule has 17 heavy (non-hydrogen) atoms. The molecule has 2 heterocycles. The maximum Gasteiger partial charge on any atom is 0.311 e. The van der Waals surface area contributed by atoms with E-state index in [9.17, 15) is 9.59 Å². The molecular weight excluding hydrogens is 288 g/mol. The Morgan fingerprint density at radius 1 is 1.59 bits per heavy atom. The Bertz CT molecular complexity index is 471. The van der Waals surface area contributed by atoms with E-state index in [0.29, 0.717) is 18.7 Å². The Morgan fingerprint density at radius 2 is 2.29 bits per heavy atom. The van der Waals surface area contributed by atoms with Crippen LogP contribution < -0.4 is 0 Å². The van der Waals surface area contributed by atoms with Gasteiger partial charge in [-0.3, -0.25) is 9.59 Å². The fourth-order valence-electron chi connectivity index (χ4n) is 1.97. The number of carboxylic acids is 1. The number of carbonyl (C=O) groups is 2. The highest BCUT2D eigenvalue weighted by Gasteiger charge is 2.42. The summed E-state index contributed by atoms with van der Waals surface area (Å²) in [6, 6.07) is 1.69. The molecule has 1 saturated heterocycles. The number of halogens is 1. The van der Waals surface area contributed by atoms with E-state index in [1.807, 2.05) is 0 Å². The normalized spacial score (nSPS) is 24.0. The number of aromatic amines is 1. The van der Waals surface area contributed by atoms with Gasteiger partial charge >= 0.3 is 5.97 Å². The molecule has 2 rings (SSSR count). The van der Waals surface area contributed by atoms with Gasteiger partial charge in [0.25, 0.3) is 5.91 Å². The maximum absolute atomic E-state index is 12.1. The van der Waals surface area contributed by atoms with Gasteiger partial charge in [0.05, 0.1) is 5.41 Å². The Balaban J connectivity index is 2.11. The molecule has 5 nitrogen and oxygen atoms in total. The van der Waals surface area contributed by atoms with Crippen LogP contribution in [0.4, 0.5) is 0 Å². The summed E-state index contributed by atoms with van der Waals surface area (Å²) in [5.74, 6) is -0.999. The van der Waals surface area contributed by atoms with Crippen LogP contribution in [0.15, 0.2) is 16.7 Å². The molecule has 1 atom stereocenters. The molecule has 1 aliphatic rings. The van der Waals surface area contributed by atoms with Gasteiger partial charge in [-0.2, -0.15) is 0 Å². The summed E-state index contributed by atoms with van der Waals surface area (Å²) < 4.78 is 0.807. The molecular formula is C11H13BrN2O3. The summed E-state index contributed by atoms with van der Waals surface area (Å²) in [5, 5.41) is 9.09. The van der Waals surface area contributed by atoms with E-state index in [1.54, 1.807) is 24.1 Å². The summed E-state index contributed by atoms with van der Waals surface area (Å²) in [5.41, 5.74) is -0.342. The fraction of sp³-hybridized carbons (Fsp3) is 0.455. The van der Waals surface area contributed by atoms with Crippen LogP contribution in [0.3, 0.4) is 0 Å². The molecule has 1 fully saturated rings. The van der Waals surface area contributed by atoms with Gasteiger partial charge in [-0.25, -0.2) is 0 Å². The number of likely N-dealkylation sites (tertiary alicyclic amines) is 1. The van der Waals surface area contributed by atoms with Crippen LogP contribution in [0.5, 0.6) is 0 Å². The highest BCUT2D eigenvalue weighted by Crippen LogP contribution is 2.31. The van der Waals surface area contributed by atoms with Gasteiger partial charge < -0.3 is 15.0 Å². The lowest BCUT2D eigenvalue weighted by molar-refractivity contribution is -0.147. The third kappa shape index (κ3) is 2.22. The Morgan fingerprint density at radius 3 is 2.76 bits per heavy atom. The molecule has 0 saturated carbocycles. The molecule has 0 unspecified atom stereocenters. The molecule has 6 heteroatoms. The maximum atomic E-state index is 12.1. The van der Waals surface area contributed by atoms with Crippen LogP contribution in [-0.4, -0.2) is 40.0 Å². The minimum Gasteiger partial charge on any atom is -0.481 e. The minimum absolute atomic E-state index is 0.152. The largest absolute Gasteiger partial charge is 0.481 e. The van der Waals surface area contributed by atoms with E-state index >= 15 is 0 Å². The zero-order chi connectivity index (χ0) is 12.6.